The molecule has 82 valence electrons. The maximum absolute atomic E-state index is 11.5. The van der Waals surface area contributed by atoms with Crippen molar-refractivity contribution in [2.24, 2.45) is 0 Å². The Bertz CT molecular complexity index is 388. The van der Waals surface area contributed by atoms with Crippen LogP contribution in [0.2, 0.25) is 5.02 Å². The summed E-state index contributed by atoms with van der Waals surface area (Å²) in [6, 6.07) is 5.14. The number of benzene rings is 1. The summed E-state index contributed by atoms with van der Waals surface area (Å²) in [5, 5.41) is 0.486. The number of carbonyl (C=O) groups excluding carboxylic acids is 1. The van der Waals surface area contributed by atoms with E-state index in [-0.39, 0.29) is 5.97 Å². The number of esters is 1. The molecule has 0 saturated carbocycles. The number of methoxy groups -OCH3 is 1. The van der Waals surface area contributed by atoms with Crippen LogP contribution in [0.1, 0.15) is 19.4 Å². The lowest BCUT2D eigenvalue weighted by atomic mass is 9.84. The lowest BCUT2D eigenvalue weighted by Gasteiger charge is -2.22. The van der Waals surface area contributed by atoms with E-state index < -0.39 is 5.41 Å². The molecule has 0 amide bonds. The van der Waals surface area contributed by atoms with Crippen LogP contribution in [0.5, 0.6) is 0 Å². The van der Waals surface area contributed by atoms with E-state index in [1.807, 2.05) is 0 Å². The zero-order chi connectivity index (χ0) is 11.6. The molecular weight excluding hydrogens is 214 g/mol. The first kappa shape index (κ1) is 11.9. The lowest BCUT2D eigenvalue weighted by molar-refractivity contribution is -0.146. The fraction of sp³-hybridized carbons (Fsp3) is 0.364. The molecule has 0 saturated heterocycles. The van der Waals surface area contributed by atoms with E-state index in [4.69, 9.17) is 22.1 Å². The third kappa shape index (κ3) is 2.23. The van der Waals surface area contributed by atoms with E-state index in [9.17, 15) is 4.79 Å². The van der Waals surface area contributed by atoms with Gasteiger partial charge in [0, 0.05) is 0 Å². The molecule has 0 aromatic heterocycles. The lowest BCUT2D eigenvalue weighted by Crippen LogP contribution is -2.30. The molecule has 1 rings (SSSR count). The number of carbonyl (C=O) groups is 1. The van der Waals surface area contributed by atoms with Crippen LogP contribution in [-0.2, 0) is 14.9 Å². The molecule has 2 N–H and O–H groups in total. The van der Waals surface area contributed by atoms with Gasteiger partial charge < -0.3 is 10.5 Å². The van der Waals surface area contributed by atoms with Crippen molar-refractivity contribution in [3.8, 4) is 0 Å². The fourth-order valence-electron chi connectivity index (χ4n) is 1.31. The van der Waals surface area contributed by atoms with E-state index >= 15 is 0 Å². The fourth-order valence-corrected chi connectivity index (χ4v) is 1.42. The number of rotatable bonds is 2. The van der Waals surface area contributed by atoms with Crippen LogP contribution in [0.3, 0.4) is 0 Å². The first-order valence-corrected chi connectivity index (χ1v) is 4.91. The van der Waals surface area contributed by atoms with E-state index in [0.29, 0.717) is 10.7 Å². The molecule has 0 unspecified atom stereocenters. The van der Waals surface area contributed by atoms with Crippen molar-refractivity contribution >= 4 is 23.3 Å². The van der Waals surface area contributed by atoms with Gasteiger partial charge in [0.05, 0.1) is 23.2 Å². The standard InChI is InChI=1S/C11H14ClNO2/c1-11(2,10(14)15-3)7-4-5-8(12)9(13)6-7/h4-6H,13H2,1-3H3. The van der Waals surface area contributed by atoms with E-state index in [2.05, 4.69) is 0 Å². The summed E-state index contributed by atoms with van der Waals surface area (Å²) in [6.45, 7) is 3.56. The van der Waals surface area contributed by atoms with Gasteiger partial charge >= 0.3 is 5.97 Å². The Hall–Kier alpha value is -1.22. The molecule has 0 bridgehead atoms. The van der Waals surface area contributed by atoms with Crippen LogP contribution in [0.4, 0.5) is 5.69 Å². The molecule has 15 heavy (non-hydrogen) atoms. The smallest absolute Gasteiger partial charge is 0.315 e. The Kier molecular flexibility index (Phi) is 3.25. The predicted molar refractivity (Wildman–Crippen MR) is 60.9 cm³/mol. The summed E-state index contributed by atoms with van der Waals surface area (Å²) < 4.78 is 4.73. The van der Waals surface area contributed by atoms with Gasteiger partial charge in [-0.05, 0) is 31.5 Å². The van der Waals surface area contributed by atoms with Crippen LogP contribution < -0.4 is 5.73 Å². The van der Waals surface area contributed by atoms with E-state index in [0.717, 1.165) is 5.56 Å². The molecule has 0 aliphatic carbocycles. The van der Waals surface area contributed by atoms with Gasteiger partial charge in [-0.3, -0.25) is 4.79 Å². The highest BCUT2D eigenvalue weighted by atomic mass is 35.5. The Morgan fingerprint density at radius 1 is 1.47 bits per heavy atom. The van der Waals surface area contributed by atoms with Gasteiger partial charge in [-0.15, -0.1) is 0 Å². The predicted octanol–water partition coefficient (Wildman–Crippen LogP) is 2.37. The first-order valence-electron chi connectivity index (χ1n) is 4.53. The highest BCUT2D eigenvalue weighted by Gasteiger charge is 2.31. The zero-order valence-electron chi connectivity index (χ0n) is 9.00. The second-order valence-corrected chi connectivity index (χ2v) is 4.26. The van der Waals surface area contributed by atoms with Gasteiger partial charge in [-0.2, -0.15) is 0 Å². The summed E-state index contributed by atoms with van der Waals surface area (Å²) in [4.78, 5) is 11.5. The number of nitrogens with two attached hydrogens (primary N) is 1. The average Bonchev–Trinajstić information content (AvgIpc) is 2.20. The molecule has 3 nitrogen and oxygen atoms in total. The normalized spacial score (nSPS) is 11.2. The topological polar surface area (TPSA) is 52.3 Å². The Balaban J connectivity index is 3.16. The maximum atomic E-state index is 11.5. The van der Waals surface area contributed by atoms with Crippen molar-refractivity contribution in [1.82, 2.24) is 0 Å². The van der Waals surface area contributed by atoms with Crippen molar-refractivity contribution in [1.29, 1.82) is 0 Å². The minimum atomic E-state index is -0.715. The maximum Gasteiger partial charge on any atom is 0.315 e. The monoisotopic (exact) mass is 227 g/mol. The summed E-state index contributed by atoms with van der Waals surface area (Å²) in [5.74, 6) is -0.302. The minimum Gasteiger partial charge on any atom is -0.468 e. The molecule has 0 fully saturated rings. The summed E-state index contributed by atoms with van der Waals surface area (Å²) in [5.41, 5.74) is 6.21. The third-order valence-electron chi connectivity index (χ3n) is 2.41. The molecule has 0 radical (unpaired) electrons. The zero-order valence-corrected chi connectivity index (χ0v) is 9.76. The van der Waals surface area contributed by atoms with Gasteiger partial charge in [-0.25, -0.2) is 0 Å². The summed E-state index contributed by atoms with van der Waals surface area (Å²) >= 11 is 5.80. The second kappa shape index (κ2) is 4.11. The Morgan fingerprint density at radius 3 is 2.53 bits per heavy atom. The first-order chi connectivity index (χ1) is 6.89. The molecule has 0 aliphatic heterocycles. The SMILES string of the molecule is COC(=O)C(C)(C)c1ccc(Cl)c(N)c1. The molecule has 0 aliphatic rings. The van der Waals surface area contributed by atoms with Gasteiger partial charge in [0.2, 0.25) is 0 Å². The summed E-state index contributed by atoms with van der Waals surface area (Å²) in [7, 11) is 1.36. The number of halogens is 1. The number of hydrogen-bond acceptors (Lipinski definition) is 3. The van der Waals surface area contributed by atoms with Crippen molar-refractivity contribution in [3.63, 3.8) is 0 Å². The van der Waals surface area contributed by atoms with Crippen molar-refractivity contribution in [2.45, 2.75) is 19.3 Å². The van der Waals surface area contributed by atoms with Crippen molar-refractivity contribution in [2.75, 3.05) is 12.8 Å². The summed E-state index contributed by atoms with van der Waals surface area (Å²) in [6.07, 6.45) is 0. The molecule has 0 atom stereocenters. The Labute approximate surface area is 94.2 Å². The number of anilines is 1. The van der Waals surface area contributed by atoms with Gasteiger partial charge in [0.1, 0.15) is 0 Å². The third-order valence-corrected chi connectivity index (χ3v) is 2.76. The number of ether oxygens (including phenoxy) is 1. The molecule has 0 spiro atoms. The molecule has 4 heteroatoms. The van der Waals surface area contributed by atoms with Crippen molar-refractivity contribution < 1.29 is 9.53 Å². The molecular formula is C11H14ClNO2. The van der Waals surface area contributed by atoms with Crippen LogP contribution in [0.25, 0.3) is 0 Å². The molecule has 1 aromatic rings. The van der Waals surface area contributed by atoms with Crippen LogP contribution in [0.15, 0.2) is 18.2 Å². The number of hydrogen-bond donors (Lipinski definition) is 1. The van der Waals surface area contributed by atoms with Crippen LogP contribution >= 0.6 is 11.6 Å². The largest absolute Gasteiger partial charge is 0.468 e. The van der Waals surface area contributed by atoms with Gasteiger partial charge in [-0.1, -0.05) is 17.7 Å². The van der Waals surface area contributed by atoms with Gasteiger partial charge in [0.25, 0.3) is 0 Å². The number of nitrogen functional groups attached to an aromatic ring is 1. The van der Waals surface area contributed by atoms with Crippen LogP contribution in [-0.4, -0.2) is 13.1 Å². The molecule has 1 aromatic carbocycles. The van der Waals surface area contributed by atoms with E-state index in [1.54, 1.807) is 32.0 Å². The van der Waals surface area contributed by atoms with Crippen molar-refractivity contribution in [3.05, 3.63) is 28.8 Å². The van der Waals surface area contributed by atoms with Crippen LogP contribution in [0, 0.1) is 0 Å². The molecule has 0 heterocycles. The highest BCUT2D eigenvalue weighted by molar-refractivity contribution is 6.33. The highest BCUT2D eigenvalue weighted by Crippen LogP contribution is 2.29. The van der Waals surface area contributed by atoms with E-state index in [1.165, 1.54) is 7.11 Å². The quantitative estimate of drug-likeness (QED) is 0.624. The minimum absolute atomic E-state index is 0.302. The Morgan fingerprint density at radius 2 is 2.07 bits per heavy atom. The average molecular weight is 228 g/mol. The second-order valence-electron chi connectivity index (χ2n) is 3.85. The van der Waals surface area contributed by atoms with Gasteiger partial charge in [0.15, 0.2) is 0 Å².